The first-order chi connectivity index (χ1) is 17.6. The summed E-state index contributed by atoms with van der Waals surface area (Å²) in [5.74, 6) is -0.0436. The van der Waals surface area contributed by atoms with E-state index in [9.17, 15) is 4.79 Å². The topological polar surface area (TPSA) is 75.1 Å². The predicted molar refractivity (Wildman–Crippen MR) is 144 cm³/mol. The molecule has 0 unspecified atom stereocenters. The minimum atomic E-state index is -0.138. The van der Waals surface area contributed by atoms with Crippen LogP contribution in [-0.4, -0.2) is 37.0 Å². The molecule has 1 saturated heterocycles. The van der Waals surface area contributed by atoms with Gasteiger partial charge in [0.25, 0.3) is 0 Å². The fraction of sp³-hybridized carbons (Fsp3) is 0.214. The summed E-state index contributed by atoms with van der Waals surface area (Å²) in [4.78, 5) is 23.8. The van der Waals surface area contributed by atoms with Gasteiger partial charge in [-0.15, -0.1) is 0 Å². The van der Waals surface area contributed by atoms with Crippen LogP contribution >= 0.6 is 12.2 Å². The van der Waals surface area contributed by atoms with E-state index < -0.39 is 0 Å². The fourth-order valence-corrected chi connectivity index (χ4v) is 4.98. The number of hydrogen-bond acceptors (Lipinski definition) is 4. The van der Waals surface area contributed by atoms with Gasteiger partial charge in [-0.1, -0.05) is 30.3 Å². The van der Waals surface area contributed by atoms with E-state index >= 15 is 0 Å². The Morgan fingerprint density at radius 3 is 2.69 bits per heavy atom. The summed E-state index contributed by atoms with van der Waals surface area (Å²) >= 11 is 5.78. The smallest absolute Gasteiger partial charge is 0.226 e. The normalized spacial score (nSPS) is 17.1. The van der Waals surface area contributed by atoms with Crippen LogP contribution in [0.25, 0.3) is 0 Å². The first kappa shape index (κ1) is 23.7. The van der Waals surface area contributed by atoms with Crippen LogP contribution in [0.3, 0.4) is 0 Å². The van der Waals surface area contributed by atoms with Crippen molar-refractivity contribution in [3.05, 3.63) is 114 Å². The second kappa shape index (κ2) is 10.7. The highest BCUT2D eigenvalue weighted by atomic mass is 32.1. The minimum Gasteiger partial charge on any atom is -0.352 e. The predicted octanol–water partition coefficient (Wildman–Crippen LogP) is 4.64. The fourth-order valence-electron chi connectivity index (χ4n) is 4.64. The van der Waals surface area contributed by atoms with E-state index in [-0.39, 0.29) is 18.0 Å². The lowest BCUT2D eigenvalue weighted by molar-refractivity contribution is -0.116. The lowest BCUT2D eigenvalue weighted by atomic mass is 10.0. The highest BCUT2D eigenvalue weighted by Gasteiger charge is 2.41. The van der Waals surface area contributed by atoms with Gasteiger partial charge in [-0.25, -0.2) is 0 Å². The number of benzene rings is 1. The second-order valence-corrected chi connectivity index (χ2v) is 9.24. The summed E-state index contributed by atoms with van der Waals surface area (Å²) in [5.41, 5.74) is 4.98. The van der Waals surface area contributed by atoms with E-state index in [0.29, 0.717) is 24.6 Å². The van der Waals surface area contributed by atoms with Gasteiger partial charge in [-0.2, -0.15) is 0 Å². The van der Waals surface area contributed by atoms with Crippen molar-refractivity contribution in [3.63, 3.8) is 0 Å². The van der Waals surface area contributed by atoms with Gasteiger partial charge in [0.2, 0.25) is 5.91 Å². The Balaban J connectivity index is 1.40. The van der Waals surface area contributed by atoms with Crippen molar-refractivity contribution < 1.29 is 4.79 Å². The largest absolute Gasteiger partial charge is 0.352 e. The molecule has 1 aliphatic rings. The molecule has 0 radical (unpaired) electrons. The summed E-state index contributed by atoms with van der Waals surface area (Å²) in [6.07, 6.45) is 7.84. The van der Waals surface area contributed by atoms with Gasteiger partial charge in [0.05, 0.1) is 17.8 Å². The summed E-state index contributed by atoms with van der Waals surface area (Å²) in [6, 6.07) is 21.6. The maximum absolute atomic E-state index is 12.9. The lowest BCUT2D eigenvalue weighted by Gasteiger charge is -2.29. The van der Waals surface area contributed by atoms with Gasteiger partial charge in [0.15, 0.2) is 5.11 Å². The highest BCUT2D eigenvalue weighted by molar-refractivity contribution is 7.80. The number of carbonyl (C=O) groups excluding carboxylic acids is 1. The molecule has 182 valence electrons. The van der Waals surface area contributed by atoms with E-state index in [2.05, 4.69) is 48.4 Å². The Bertz CT molecular complexity index is 1340. The van der Waals surface area contributed by atoms with E-state index in [1.165, 1.54) is 0 Å². The number of nitrogens with one attached hydrogen (secondary N) is 2. The number of thiocarbonyl (C=S) groups is 1. The van der Waals surface area contributed by atoms with E-state index in [1.54, 1.807) is 12.4 Å². The van der Waals surface area contributed by atoms with Crippen molar-refractivity contribution in [1.29, 1.82) is 0 Å². The molecule has 7 nitrogen and oxygen atoms in total. The summed E-state index contributed by atoms with van der Waals surface area (Å²) in [7, 11) is 0. The number of nitrogens with zero attached hydrogens (tertiary/aromatic N) is 4. The molecule has 1 aromatic carbocycles. The molecule has 0 saturated carbocycles. The molecule has 2 atom stereocenters. The summed E-state index contributed by atoms with van der Waals surface area (Å²) < 4.78 is 2.22. The lowest BCUT2D eigenvalue weighted by Crippen LogP contribution is -2.33. The van der Waals surface area contributed by atoms with Crippen molar-refractivity contribution in [3.8, 4) is 0 Å². The van der Waals surface area contributed by atoms with Crippen LogP contribution < -0.4 is 10.6 Å². The van der Waals surface area contributed by atoms with Crippen molar-refractivity contribution >= 4 is 28.9 Å². The molecular formula is C28H28N6OS. The molecular weight excluding hydrogens is 468 g/mol. The maximum Gasteiger partial charge on any atom is 0.226 e. The number of amides is 1. The van der Waals surface area contributed by atoms with Crippen LogP contribution in [0.2, 0.25) is 0 Å². The monoisotopic (exact) mass is 496 g/mol. The Labute approximate surface area is 216 Å². The zero-order valence-electron chi connectivity index (χ0n) is 20.0. The average Bonchev–Trinajstić information content (AvgIpc) is 3.48. The number of aromatic nitrogens is 3. The van der Waals surface area contributed by atoms with Crippen molar-refractivity contribution in [2.45, 2.75) is 32.0 Å². The number of aryl methyl sites for hydroxylation is 1. The van der Waals surface area contributed by atoms with Crippen LogP contribution in [0.15, 0.2) is 91.5 Å². The molecule has 36 heavy (non-hydrogen) atoms. The third kappa shape index (κ3) is 5.13. The molecule has 4 aromatic rings. The molecule has 8 heteroatoms. The Hall–Kier alpha value is -4.04. The Kier molecular flexibility index (Phi) is 7.04. The number of pyridine rings is 2. The quantitative estimate of drug-likeness (QED) is 0.346. The van der Waals surface area contributed by atoms with Crippen LogP contribution in [0.4, 0.5) is 5.69 Å². The minimum absolute atomic E-state index is 0.0436. The standard InChI is InChI=1S/C28H28N6OS/c1-20-8-2-3-10-22(20)31-25(35)13-17-34-27(26(32-28(34)36)23-11-4-5-15-30-23)24-12-7-16-33(24)19-21-9-6-14-29-18-21/h2-12,14-16,18,26-27H,13,17,19H2,1H3,(H,31,35)(H,32,36)/t26-,27+/m0/s1. The first-order valence-corrected chi connectivity index (χ1v) is 12.4. The Morgan fingerprint density at radius 1 is 1.06 bits per heavy atom. The number of carbonyl (C=O) groups is 1. The number of anilines is 1. The maximum atomic E-state index is 12.9. The summed E-state index contributed by atoms with van der Waals surface area (Å²) in [6.45, 7) is 3.16. The molecule has 1 aliphatic heterocycles. The third-order valence-corrected chi connectivity index (χ3v) is 6.79. The van der Waals surface area contributed by atoms with Crippen LogP contribution in [0.1, 0.15) is 41.0 Å². The highest BCUT2D eigenvalue weighted by Crippen LogP contribution is 2.39. The molecule has 0 spiro atoms. The van der Waals surface area contributed by atoms with E-state index in [1.807, 2.05) is 67.7 Å². The molecule has 1 fully saturated rings. The van der Waals surface area contributed by atoms with Gasteiger partial charge in [-0.3, -0.25) is 14.8 Å². The number of rotatable bonds is 8. The van der Waals surface area contributed by atoms with Crippen molar-refractivity contribution in [2.24, 2.45) is 0 Å². The molecule has 5 rings (SSSR count). The molecule has 2 N–H and O–H groups in total. The van der Waals surface area contributed by atoms with Gasteiger partial charge in [0.1, 0.15) is 0 Å². The molecule has 0 bridgehead atoms. The van der Waals surface area contributed by atoms with Crippen LogP contribution in [0, 0.1) is 6.92 Å². The third-order valence-electron chi connectivity index (χ3n) is 6.44. The first-order valence-electron chi connectivity index (χ1n) is 12.0. The van der Waals surface area contributed by atoms with Crippen LogP contribution in [0.5, 0.6) is 0 Å². The molecule has 1 amide bonds. The van der Waals surface area contributed by atoms with Crippen LogP contribution in [-0.2, 0) is 11.3 Å². The van der Waals surface area contributed by atoms with E-state index in [0.717, 1.165) is 28.2 Å². The molecule has 3 aromatic heterocycles. The van der Waals surface area contributed by atoms with Crippen molar-refractivity contribution in [1.82, 2.24) is 24.8 Å². The van der Waals surface area contributed by atoms with Crippen molar-refractivity contribution in [2.75, 3.05) is 11.9 Å². The number of para-hydroxylation sites is 1. The van der Waals surface area contributed by atoms with Gasteiger partial charge in [0, 0.05) is 55.7 Å². The van der Waals surface area contributed by atoms with E-state index in [4.69, 9.17) is 12.2 Å². The summed E-state index contributed by atoms with van der Waals surface area (Å²) in [5, 5.41) is 7.12. The van der Waals surface area contributed by atoms with Gasteiger partial charge in [-0.05, 0) is 66.7 Å². The molecule has 0 aliphatic carbocycles. The zero-order valence-corrected chi connectivity index (χ0v) is 20.9. The van der Waals surface area contributed by atoms with Gasteiger partial charge < -0.3 is 20.1 Å². The Morgan fingerprint density at radius 2 is 1.92 bits per heavy atom. The second-order valence-electron chi connectivity index (χ2n) is 8.86. The SMILES string of the molecule is Cc1ccccc1NC(=O)CCN1C(=S)N[C@@H](c2ccccn2)[C@H]1c1cccn1Cc1cccnc1. The zero-order chi connectivity index (χ0) is 24.9. The molecule has 4 heterocycles. The average molecular weight is 497 g/mol. The number of hydrogen-bond donors (Lipinski definition) is 2. The van der Waals surface area contributed by atoms with Gasteiger partial charge >= 0.3 is 0 Å².